The van der Waals surface area contributed by atoms with Crippen molar-refractivity contribution in [3.05, 3.63) is 20.8 Å². The van der Waals surface area contributed by atoms with Gasteiger partial charge in [0.1, 0.15) is 0 Å². The quantitative estimate of drug-likeness (QED) is 0.905. The smallest absolute Gasteiger partial charge is 0.237 e. The Hall–Kier alpha value is -0.390. The van der Waals surface area contributed by atoms with Gasteiger partial charge in [-0.15, -0.1) is 11.3 Å². The number of amides is 1. The van der Waals surface area contributed by atoms with Gasteiger partial charge < -0.3 is 5.32 Å². The molecular weight excluding hydrogens is 300 g/mol. The van der Waals surface area contributed by atoms with Gasteiger partial charge in [0.25, 0.3) is 0 Å². The van der Waals surface area contributed by atoms with Crippen LogP contribution in [0.2, 0.25) is 0 Å². The SMILES string of the molecule is C[C@H](C(=O)NC1CC1)N(C)Cc1ccc(Br)s1. The maximum Gasteiger partial charge on any atom is 0.237 e. The number of hydrogen-bond acceptors (Lipinski definition) is 3. The van der Waals surface area contributed by atoms with Gasteiger partial charge in [-0.05, 0) is 54.9 Å². The lowest BCUT2D eigenvalue weighted by molar-refractivity contribution is -0.125. The molecule has 1 N–H and O–H groups in total. The molecule has 1 amide bonds. The standard InChI is InChI=1S/C12H17BrN2OS/c1-8(12(16)14-9-3-4-9)15(2)7-10-5-6-11(13)17-10/h5-6,8-9H,3-4,7H2,1-2H3,(H,14,16)/t8-/m1/s1. The molecular formula is C12H17BrN2OS. The van der Waals surface area contributed by atoms with Crippen LogP contribution in [-0.2, 0) is 11.3 Å². The van der Waals surface area contributed by atoms with Gasteiger partial charge in [0.15, 0.2) is 0 Å². The highest BCUT2D eigenvalue weighted by Crippen LogP contribution is 2.23. The van der Waals surface area contributed by atoms with Crippen molar-refractivity contribution in [2.24, 2.45) is 0 Å². The summed E-state index contributed by atoms with van der Waals surface area (Å²) < 4.78 is 1.14. The molecule has 2 rings (SSSR count). The van der Waals surface area contributed by atoms with Crippen LogP contribution in [0.5, 0.6) is 0 Å². The molecule has 0 aromatic carbocycles. The van der Waals surface area contributed by atoms with E-state index < -0.39 is 0 Å². The number of hydrogen-bond donors (Lipinski definition) is 1. The first-order valence-electron chi connectivity index (χ1n) is 5.81. The molecule has 1 heterocycles. The van der Waals surface area contributed by atoms with Crippen molar-refractivity contribution in [2.45, 2.75) is 38.4 Å². The van der Waals surface area contributed by atoms with Gasteiger partial charge in [-0.25, -0.2) is 0 Å². The predicted molar refractivity (Wildman–Crippen MR) is 74.1 cm³/mol. The van der Waals surface area contributed by atoms with Gasteiger partial charge in [0, 0.05) is 17.5 Å². The maximum atomic E-state index is 11.9. The van der Waals surface area contributed by atoms with Gasteiger partial charge >= 0.3 is 0 Å². The molecule has 3 nitrogen and oxygen atoms in total. The van der Waals surface area contributed by atoms with Crippen LogP contribution in [0.15, 0.2) is 15.9 Å². The van der Waals surface area contributed by atoms with E-state index in [0.717, 1.165) is 23.2 Å². The number of thiophene rings is 1. The molecule has 0 bridgehead atoms. The Kier molecular flexibility index (Phi) is 4.22. The van der Waals surface area contributed by atoms with Crippen LogP contribution in [0, 0.1) is 0 Å². The minimum atomic E-state index is -0.0727. The van der Waals surface area contributed by atoms with E-state index in [0.29, 0.717) is 6.04 Å². The fraction of sp³-hybridized carbons (Fsp3) is 0.583. The summed E-state index contributed by atoms with van der Waals surface area (Å²) in [6, 6.07) is 4.50. The molecule has 17 heavy (non-hydrogen) atoms. The minimum Gasteiger partial charge on any atom is -0.352 e. The number of nitrogens with zero attached hydrogens (tertiary/aromatic N) is 1. The average Bonchev–Trinajstić information content (AvgIpc) is 3.00. The molecule has 1 fully saturated rings. The lowest BCUT2D eigenvalue weighted by Gasteiger charge is -2.23. The highest BCUT2D eigenvalue weighted by atomic mass is 79.9. The highest BCUT2D eigenvalue weighted by molar-refractivity contribution is 9.11. The van der Waals surface area contributed by atoms with Crippen molar-refractivity contribution in [1.29, 1.82) is 0 Å². The molecule has 0 radical (unpaired) electrons. The number of halogens is 1. The van der Waals surface area contributed by atoms with Gasteiger partial charge in [-0.1, -0.05) is 0 Å². The fourth-order valence-corrected chi connectivity index (χ4v) is 3.12. The molecule has 0 unspecified atom stereocenters. The van der Waals surface area contributed by atoms with Crippen molar-refractivity contribution >= 4 is 33.2 Å². The van der Waals surface area contributed by atoms with E-state index in [1.807, 2.05) is 20.0 Å². The van der Waals surface area contributed by atoms with E-state index in [-0.39, 0.29) is 11.9 Å². The molecule has 1 atom stereocenters. The van der Waals surface area contributed by atoms with Gasteiger partial charge in [-0.3, -0.25) is 9.69 Å². The van der Waals surface area contributed by atoms with Crippen LogP contribution < -0.4 is 5.32 Å². The Bertz CT molecular complexity index is 403. The largest absolute Gasteiger partial charge is 0.352 e. The van der Waals surface area contributed by atoms with Crippen molar-refractivity contribution in [3.63, 3.8) is 0 Å². The number of carbonyl (C=O) groups is 1. The third-order valence-electron chi connectivity index (χ3n) is 3.00. The highest BCUT2D eigenvalue weighted by Gasteiger charge is 2.27. The van der Waals surface area contributed by atoms with E-state index in [9.17, 15) is 4.79 Å². The summed E-state index contributed by atoms with van der Waals surface area (Å²) in [6.45, 7) is 2.77. The fourth-order valence-electron chi connectivity index (χ4n) is 1.57. The lowest BCUT2D eigenvalue weighted by atomic mass is 10.2. The topological polar surface area (TPSA) is 32.3 Å². The summed E-state index contributed by atoms with van der Waals surface area (Å²) in [5.41, 5.74) is 0. The Balaban J connectivity index is 1.85. The van der Waals surface area contributed by atoms with Crippen molar-refractivity contribution < 1.29 is 4.79 Å². The molecule has 1 aromatic rings. The molecule has 1 aliphatic carbocycles. The number of rotatable bonds is 5. The summed E-state index contributed by atoms with van der Waals surface area (Å²) in [6.07, 6.45) is 2.28. The van der Waals surface area contributed by atoms with Crippen LogP contribution in [0.25, 0.3) is 0 Å². The van der Waals surface area contributed by atoms with E-state index >= 15 is 0 Å². The predicted octanol–water partition coefficient (Wildman–Crippen LogP) is 2.61. The minimum absolute atomic E-state index is 0.0727. The Morgan fingerprint density at radius 3 is 2.88 bits per heavy atom. The first-order chi connectivity index (χ1) is 8.06. The van der Waals surface area contributed by atoms with Gasteiger partial charge in [0.05, 0.1) is 9.83 Å². The third kappa shape index (κ3) is 3.79. The van der Waals surface area contributed by atoms with Crippen molar-refractivity contribution in [2.75, 3.05) is 7.05 Å². The summed E-state index contributed by atoms with van der Waals surface area (Å²) >= 11 is 5.16. The molecule has 0 saturated heterocycles. The van der Waals surface area contributed by atoms with Crippen molar-refractivity contribution in [3.8, 4) is 0 Å². The number of carbonyl (C=O) groups excluding carboxylic acids is 1. The van der Waals surface area contributed by atoms with Crippen LogP contribution in [0.1, 0.15) is 24.6 Å². The molecule has 5 heteroatoms. The van der Waals surface area contributed by atoms with E-state index in [1.165, 1.54) is 4.88 Å². The van der Waals surface area contributed by atoms with E-state index in [2.05, 4.69) is 32.2 Å². The first kappa shape index (κ1) is 13.1. The second-order valence-electron chi connectivity index (χ2n) is 4.58. The second kappa shape index (κ2) is 5.50. The Morgan fingerprint density at radius 1 is 1.65 bits per heavy atom. The number of nitrogens with one attached hydrogen (secondary N) is 1. The molecule has 1 aliphatic rings. The summed E-state index contributed by atoms with van der Waals surface area (Å²) in [5, 5.41) is 3.04. The normalized spacial score (nSPS) is 17.2. The second-order valence-corrected chi connectivity index (χ2v) is 7.13. The summed E-state index contributed by atoms with van der Waals surface area (Å²) in [4.78, 5) is 15.2. The molecule has 0 spiro atoms. The maximum absolute atomic E-state index is 11.9. The first-order valence-corrected chi connectivity index (χ1v) is 7.42. The zero-order valence-corrected chi connectivity index (χ0v) is 12.5. The number of likely N-dealkylation sites (N-methyl/N-ethyl adjacent to an activating group) is 1. The van der Waals surface area contributed by atoms with Crippen LogP contribution >= 0.6 is 27.3 Å². The van der Waals surface area contributed by atoms with E-state index in [1.54, 1.807) is 11.3 Å². The van der Waals surface area contributed by atoms with E-state index in [4.69, 9.17) is 0 Å². The lowest BCUT2D eigenvalue weighted by Crippen LogP contribution is -2.43. The third-order valence-corrected chi connectivity index (χ3v) is 4.61. The summed E-state index contributed by atoms with van der Waals surface area (Å²) in [5.74, 6) is 0.144. The average molecular weight is 317 g/mol. The summed E-state index contributed by atoms with van der Waals surface area (Å²) in [7, 11) is 1.99. The molecule has 1 saturated carbocycles. The molecule has 94 valence electrons. The van der Waals surface area contributed by atoms with Crippen LogP contribution in [0.3, 0.4) is 0 Å². The monoisotopic (exact) mass is 316 g/mol. The zero-order chi connectivity index (χ0) is 12.4. The Labute approximate surface area is 114 Å². The van der Waals surface area contributed by atoms with Gasteiger partial charge in [-0.2, -0.15) is 0 Å². The Morgan fingerprint density at radius 2 is 2.35 bits per heavy atom. The van der Waals surface area contributed by atoms with Crippen LogP contribution in [0.4, 0.5) is 0 Å². The van der Waals surface area contributed by atoms with Gasteiger partial charge in [0.2, 0.25) is 5.91 Å². The van der Waals surface area contributed by atoms with Crippen molar-refractivity contribution in [1.82, 2.24) is 10.2 Å². The zero-order valence-electron chi connectivity index (χ0n) is 10.1. The molecule has 0 aliphatic heterocycles. The van der Waals surface area contributed by atoms with Crippen LogP contribution in [-0.4, -0.2) is 29.9 Å². The molecule has 1 aromatic heterocycles.